The molecular weight excluding hydrogens is 318 g/mol. The lowest BCUT2D eigenvalue weighted by atomic mass is 9.80. The first kappa shape index (κ1) is 15.1. The molecule has 0 aliphatic carbocycles. The van der Waals surface area contributed by atoms with E-state index in [-0.39, 0.29) is 17.4 Å². The van der Waals surface area contributed by atoms with Crippen molar-refractivity contribution in [3.63, 3.8) is 0 Å². The second kappa shape index (κ2) is 5.56. The number of nitrogens with zero attached hydrogens (tertiary/aromatic N) is 1. The van der Waals surface area contributed by atoms with Gasteiger partial charge in [-0.2, -0.15) is 0 Å². The van der Waals surface area contributed by atoms with Gasteiger partial charge < -0.3 is 20.2 Å². The van der Waals surface area contributed by atoms with Crippen molar-refractivity contribution in [2.75, 3.05) is 0 Å². The van der Waals surface area contributed by atoms with Crippen LogP contribution in [0.4, 0.5) is 0 Å². The Labute approximate surface area is 144 Å². The smallest absolute Gasteiger partial charge is 0.259 e. The van der Waals surface area contributed by atoms with E-state index in [1.165, 1.54) is 0 Å². The van der Waals surface area contributed by atoms with Gasteiger partial charge in [0.05, 0.1) is 0 Å². The van der Waals surface area contributed by atoms with Crippen molar-refractivity contribution in [3.8, 4) is 11.5 Å². The molecule has 0 fully saturated rings. The molecule has 3 aromatic rings. The Bertz CT molecular complexity index is 901. The van der Waals surface area contributed by atoms with Crippen LogP contribution in [-0.4, -0.2) is 21.3 Å². The fourth-order valence-corrected chi connectivity index (χ4v) is 3.29. The lowest BCUT2D eigenvalue weighted by Gasteiger charge is -2.30. The lowest BCUT2D eigenvalue weighted by molar-refractivity contribution is 0.147. The first-order chi connectivity index (χ1) is 12.1. The Balaban J connectivity index is 2.04. The predicted octanol–water partition coefficient (Wildman–Crippen LogP) is 3.56. The summed E-state index contributed by atoms with van der Waals surface area (Å²) in [5.74, 6) is 0.413. The summed E-state index contributed by atoms with van der Waals surface area (Å²) in [6.07, 6.45) is 0. The Morgan fingerprint density at radius 3 is 1.76 bits per heavy atom. The van der Waals surface area contributed by atoms with E-state index in [0.717, 1.165) is 16.7 Å². The predicted molar refractivity (Wildman–Crippen MR) is 91.9 cm³/mol. The number of phenols is 2. The summed E-state index contributed by atoms with van der Waals surface area (Å²) < 4.78 is 6.16. The topological polar surface area (TPSA) is 82.3 Å². The third-order valence-corrected chi connectivity index (χ3v) is 4.43. The molecule has 124 valence electrons. The number of benzene rings is 3. The Morgan fingerprint density at radius 2 is 1.24 bits per heavy atom. The zero-order chi connectivity index (χ0) is 17.4. The third kappa shape index (κ3) is 2.21. The van der Waals surface area contributed by atoms with Crippen LogP contribution in [-0.2, 0) is 10.3 Å². The summed E-state index contributed by atoms with van der Waals surface area (Å²) in [7, 11) is 0. The molecule has 0 saturated carbocycles. The largest absolute Gasteiger partial charge is 0.508 e. The maximum absolute atomic E-state index is 9.65. The van der Waals surface area contributed by atoms with Crippen LogP contribution in [0.1, 0.15) is 22.3 Å². The van der Waals surface area contributed by atoms with Gasteiger partial charge in [0.2, 0.25) is 0 Å². The van der Waals surface area contributed by atoms with Crippen LogP contribution < -0.4 is 0 Å². The van der Waals surface area contributed by atoms with Crippen molar-refractivity contribution in [1.82, 2.24) is 0 Å². The summed E-state index contributed by atoms with van der Waals surface area (Å²) in [4.78, 5) is 0. The molecule has 1 aliphatic rings. The number of hydrogen-bond donors (Lipinski definition) is 3. The number of ether oxygens (including phenoxy) is 1. The number of oxime groups is 1. The van der Waals surface area contributed by atoms with Crippen molar-refractivity contribution in [2.24, 2.45) is 5.16 Å². The van der Waals surface area contributed by atoms with E-state index in [9.17, 15) is 15.4 Å². The first-order valence-electron chi connectivity index (χ1n) is 7.75. The van der Waals surface area contributed by atoms with Gasteiger partial charge >= 0.3 is 0 Å². The molecule has 1 heterocycles. The number of phenolic OH excluding ortho intramolecular Hbond substituents is 2. The van der Waals surface area contributed by atoms with Crippen LogP contribution in [0, 0.1) is 0 Å². The van der Waals surface area contributed by atoms with Crippen LogP contribution in [0.15, 0.2) is 78.0 Å². The second-order valence-corrected chi connectivity index (χ2v) is 5.83. The fourth-order valence-electron chi connectivity index (χ4n) is 3.29. The maximum atomic E-state index is 9.65. The summed E-state index contributed by atoms with van der Waals surface area (Å²) in [5.41, 5.74) is 1.99. The zero-order valence-corrected chi connectivity index (χ0v) is 13.1. The van der Waals surface area contributed by atoms with E-state index in [4.69, 9.17) is 4.74 Å². The highest BCUT2D eigenvalue weighted by atomic mass is 16.5. The Morgan fingerprint density at radius 1 is 0.720 bits per heavy atom. The average molecular weight is 333 g/mol. The number of hydrogen-bond acceptors (Lipinski definition) is 5. The van der Waals surface area contributed by atoms with Gasteiger partial charge in [-0.05, 0) is 35.5 Å². The zero-order valence-electron chi connectivity index (χ0n) is 13.1. The molecule has 5 heteroatoms. The molecule has 0 saturated heterocycles. The van der Waals surface area contributed by atoms with Crippen molar-refractivity contribution < 1.29 is 20.2 Å². The monoisotopic (exact) mass is 333 g/mol. The van der Waals surface area contributed by atoms with Gasteiger partial charge in [0.1, 0.15) is 11.5 Å². The number of fused-ring (bicyclic) bond motifs is 1. The molecule has 0 bridgehead atoms. The summed E-state index contributed by atoms with van der Waals surface area (Å²) in [6, 6.07) is 20.8. The van der Waals surface area contributed by atoms with Crippen LogP contribution in [0.25, 0.3) is 0 Å². The molecule has 25 heavy (non-hydrogen) atoms. The van der Waals surface area contributed by atoms with Crippen molar-refractivity contribution in [2.45, 2.75) is 5.60 Å². The van der Waals surface area contributed by atoms with Crippen LogP contribution in [0.3, 0.4) is 0 Å². The summed E-state index contributed by atoms with van der Waals surface area (Å²) >= 11 is 0. The maximum Gasteiger partial charge on any atom is 0.259 e. The van der Waals surface area contributed by atoms with Gasteiger partial charge in [0.15, 0.2) is 5.60 Å². The van der Waals surface area contributed by atoms with Crippen LogP contribution in [0.5, 0.6) is 11.5 Å². The number of rotatable bonds is 2. The van der Waals surface area contributed by atoms with Crippen LogP contribution in [0.2, 0.25) is 0 Å². The molecule has 0 radical (unpaired) electrons. The SMILES string of the molecule is ON=C1OC(c2ccc(O)cc2)(c2ccc(O)cc2)c2ccccc21. The fraction of sp³-hybridized carbons (Fsp3) is 0.0500. The quantitative estimate of drug-likeness (QED) is 0.495. The van der Waals surface area contributed by atoms with E-state index in [0.29, 0.717) is 5.56 Å². The van der Waals surface area contributed by atoms with Gasteiger partial charge in [0.25, 0.3) is 5.90 Å². The molecule has 0 unspecified atom stereocenters. The lowest BCUT2D eigenvalue weighted by Crippen LogP contribution is -2.29. The normalized spacial score (nSPS) is 16.4. The molecule has 0 spiro atoms. The van der Waals surface area contributed by atoms with Crippen molar-refractivity contribution in [3.05, 3.63) is 95.1 Å². The highest BCUT2D eigenvalue weighted by Gasteiger charge is 2.47. The molecule has 0 atom stereocenters. The molecule has 0 amide bonds. The molecule has 3 aromatic carbocycles. The van der Waals surface area contributed by atoms with E-state index < -0.39 is 5.60 Å². The Kier molecular flexibility index (Phi) is 3.35. The summed E-state index contributed by atoms with van der Waals surface area (Å²) in [6.45, 7) is 0. The van der Waals surface area contributed by atoms with Gasteiger partial charge in [0, 0.05) is 22.3 Å². The second-order valence-electron chi connectivity index (χ2n) is 5.83. The molecule has 1 aliphatic heterocycles. The van der Waals surface area contributed by atoms with Gasteiger partial charge in [-0.3, -0.25) is 0 Å². The van der Waals surface area contributed by atoms with E-state index in [1.807, 2.05) is 24.3 Å². The minimum atomic E-state index is -1.04. The van der Waals surface area contributed by atoms with Crippen molar-refractivity contribution >= 4 is 5.90 Å². The highest BCUT2D eigenvalue weighted by molar-refractivity contribution is 5.99. The van der Waals surface area contributed by atoms with Crippen molar-refractivity contribution in [1.29, 1.82) is 0 Å². The minimum Gasteiger partial charge on any atom is -0.508 e. The van der Waals surface area contributed by atoms with E-state index >= 15 is 0 Å². The molecule has 0 aromatic heterocycles. The third-order valence-electron chi connectivity index (χ3n) is 4.43. The van der Waals surface area contributed by atoms with E-state index in [1.54, 1.807) is 48.5 Å². The molecule has 3 N–H and O–H groups in total. The average Bonchev–Trinajstić information content (AvgIpc) is 2.99. The van der Waals surface area contributed by atoms with Gasteiger partial charge in [-0.25, -0.2) is 0 Å². The molecule has 5 nitrogen and oxygen atoms in total. The molecular formula is C20H15NO4. The van der Waals surface area contributed by atoms with E-state index in [2.05, 4.69) is 5.16 Å². The summed E-state index contributed by atoms with van der Waals surface area (Å²) in [5, 5.41) is 32.0. The van der Waals surface area contributed by atoms with Gasteiger partial charge in [-0.1, -0.05) is 42.5 Å². The Hall–Kier alpha value is -3.47. The number of aromatic hydroxyl groups is 2. The van der Waals surface area contributed by atoms with Crippen LogP contribution >= 0.6 is 0 Å². The standard InChI is InChI=1S/C20H15NO4/c22-15-9-5-13(6-10-15)20(14-7-11-16(23)12-8-14)18-4-2-1-3-17(18)19(21-24)25-20/h1-12,22-24H. The molecule has 4 rings (SSSR count). The minimum absolute atomic E-state index is 0.122. The highest BCUT2D eigenvalue weighted by Crippen LogP contribution is 2.47. The van der Waals surface area contributed by atoms with Gasteiger partial charge in [-0.15, -0.1) is 0 Å². The first-order valence-corrected chi connectivity index (χ1v) is 7.75.